The molecule has 2 aliphatic rings. The predicted octanol–water partition coefficient (Wildman–Crippen LogP) is 13.5. The highest BCUT2D eigenvalue weighted by atomic mass is 16.2. The minimum absolute atomic E-state index is 0.0571. The molecular weight excluding hydrogens is 989 g/mol. The maximum absolute atomic E-state index is 13.1. The van der Waals surface area contributed by atoms with Gasteiger partial charge in [0.2, 0.25) is 16.7 Å². The van der Waals surface area contributed by atoms with Gasteiger partial charge in [0.15, 0.2) is 0 Å². The van der Waals surface area contributed by atoms with Crippen molar-refractivity contribution < 1.29 is 14.2 Å². The van der Waals surface area contributed by atoms with E-state index < -0.39 is 0 Å². The molecule has 408 valence electrons. The summed E-state index contributed by atoms with van der Waals surface area (Å²) in [6.07, 6.45) is 12.5. The molecule has 80 heavy (non-hydrogen) atoms. The number of fused-ring (bicyclic) bond motifs is 4. The second-order valence-electron chi connectivity index (χ2n) is 21.5. The minimum atomic E-state index is -0.0745. The van der Waals surface area contributed by atoms with Crippen molar-refractivity contribution in [3.8, 4) is 16.8 Å². The lowest BCUT2D eigenvalue weighted by atomic mass is 9.92. The smallest absolute Gasteiger partial charge is 0.251 e. The summed E-state index contributed by atoms with van der Waals surface area (Å²) in [5.41, 5.74) is 35.8. The zero-order chi connectivity index (χ0) is 55.9. The molecule has 0 saturated carbocycles. The van der Waals surface area contributed by atoms with E-state index in [1.165, 1.54) is 5.57 Å². The first kappa shape index (κ1) is 54.6. The third-order valence-electron chi connectivity index (χ3n) is 16.1. The number of allylic oxidation sites excluding steroid dienone is 1. The lowest BCUT2D eigenvalue weighted by Gasteiger charge is -2.39. The molecule has 1 aromatic heterocycles. The van der Waals surface area contributed by atoms with Crippen LogP contribution in [0.15, 0.2) is 162 Å². The van der Waals surface area contributed by atoms with Crippen LogP contribution < -0.4 is 42.2 Å². The monoisotopic (exact) mass is 1060 g/mol. The van der Waals surface area contributed by atoms with Gasteiger partial charge in [0.1, 0.15) is 11.0 Å². The first-order valence-corrected chi connectivity index (χ1v) is 28.4. The molecule has 12 heteroatoms. The SMILES string of the molecule is CC1=CC2=Nc3c(cc(N)c(C)c3C)N(c3ccccc3)C2C=C1NCCCCCCNC(=O)c1ccc(-c2ccc(C(=O)NCCCCCCNc3cc4c(cc3C)nc3c(C)c(C)c(N)cc3[n+]4-c3ccccc3)cc2)cc1. The summed E-state index contributed by atoms with van der Waals surface area (Å²) in [6, 6.07) is 44.6. The van der Waals surface area contributed by atoms with Crippen molar-refractivity contribution in [3.63, 3.8) is 0 Å². The summed E-state index contributed by atoms with van der Waals surface area (Å²) in [7, 11) is 0. The maximum Gasteiger partial charge on any atom is 0.251 e. The number of nitrogens with zero attached hydrogens (tertiary/aromatic N) is 4. The number of benzene rings is 7. The molecule has 12 nitrogen and oxygen atoms in total. The largest absolute Gasteiger partial charge is 0.398 e. The molecule has 0 spiro atoms. The third-order valence-corrected chi connectivity index (χ3v) is 16.1. The number of unbranched alkanes of at least 4 members (excludes halogenated alkanes) is 6. The number of carbonyl (C=O) groups excluding carboxylic acids is 2. The normalized spacial score (nSPS) is 13.8. The van der Waals surface area contributed by atoms with E-state index >= 15 is 0 Å². The third kappa shape index (κ3) is 11.8. The number of rotatable bonds is 21. The van der Waals surface area contributed by atoms with Gasteiger partial charge >= 0.3 is 0 Å². The number of carbonyl (C=O) groups is 2. The van der Waals surface area contributed by atoms with Crippen LogP contribution in [0, 0.1) is 34.6 Å². The van der Waals surface area contributed by atoms with Crippen LogP contribution in [0.25, 0.3) is 38.9 Å². The van der Waals surface area contributed by atoms with Crippen molar-refractivity contribution >= 4 is 73.7 Å². The summed E-state index contributed by atoms with van der Waals surface area (Å²) in [6.45, 7) is 15.6. The van der Waals surface area contributed by atoms with Crippen LogP contribution >= 0.6 is 0 Å². The van der Waals surface area contributed by atoms with Gasteiger partial charge in [-0.2, -0.15) is 0 Å². The number of para-hydroxylation sites is 2. The van der Waals surface area contributed by atoms with E-state index in [0.717, 1.165) is 177 Å². The second-order valence-corrected chi connectivity index (χ2v) is 21.5. The molecule has 0 bridgehead atoms. The number of hydrogen-bond donors (Lipinski definition) is 6. The molecule has 1 aliphatic heterocycles. The van der Waals surface area contributed by atoms with Crippen LogP contribution in [0.5, 0.6) is 0 Å². The van der Waals surface area contributed by atoms with Crippen LogP contribution in [-0.4, -0.2) is 54.7 Å². The fraction of sp³-hybridized carbons (Fsp3) is 0.279. The molecule has 7 aromatic carbocycles. The van der Waals surface area contributed by atoms with Gasteiger partial charge in [-0.15, -0.1) is 4.57 Å². The second kappa shape index (κ2) is 24.5. The standard InChI is InChI=1S/C68H74N10O2/c1-43-37-59-61(77(53-21-13-11-14-22-53)63-39-55(69)45(3)47(5)65(63)75-59)41-57(43)71-33-17-7-9-19-35-73-67(79)51-29-25-49(26-30-51)50-27-31-52(32-28-50)68(80)74-36-20-10-8-18-34-72-58-42-62-60(38-44(58)2)76-66-48(6)46(4)56(70)40-64(66)78(62)54-23-15-12-16-24-54/h11-16,21-32,37-42,61,71H,7-10,17-20,33-36,69H2,1-6H3,(H4,70,72,73,74,79,80)/p+1. The van der Waals surface area contributed by atoms with Crippen molar-refractivity contribution in [1.82, 2.24) is 20.9 Å². The highest BCUT2D eigenvalue weighted by Gasteiger charge is 2.34. The fourth-order valence-corrected chi connectivity index (χ4v) is 11.0. The van der Waals surface area contributed by atoms with Gasteiger partial charge in [0.05, 0.1) is 23.1 Å². The topological polar surface area (TPSA) is 167 Å². The highest BCUT2D eigenvalue weighted by molar-refractivity contribution is 6.11. The van der Waals surface area contributed by atoms with Gasteiger partial charge in [-0.05, 0) is 172 Å². The van der Waals surface area contributed by atoms with Crippen molar-refractivity contribution in [1.29, 1.82) is 0 Å². The van der Waals surface area contributed by atoms with Gasteiger partial charge in [-0.1, -0.05) is 86.3 Å². The Bertz CT molecular complexity index is 3680. The van der Waals surface area contributed by atoms with Crippen LogP contribution in [0.4, 0.5) is 34.1 Å². The Morgan fingerprint density at radius 1 is 0.575 bits per heavy atom. The predicted molar refractivity (Wildman–Crippen MR) is 331 cm³/mol. The van der Waals surface area contributed by atoms with Gasteiger partial charge in [-0.25, -0.2) is 9.98 Å². The Kier molecular flexibility index (Phi) is 16.7. The molecule has 2 heterocycles. The van der Waals surface area contributed by atoms with Gasteiger partial charge < -0.3 is 37.6 Å². The molecule has 0 radical (unpaired) electrons. The Hall–Kier alpha value is -8.77. The molecule has 2 amide bonds. The summed E-state index contributed by atoms with van der Waals surface area (Å²) in [4.78, 5) is 38.8. The van der Waals surface area contributed by atoms with Crippen LogP contribution in [0.1, 0.15) is 107 Å². The van der Waals surface area contributed by atoms with Crippen LogP contribution in [-0.2, 0) is 0 Å². The van der Waals surface area contributed by atoms with Crippen LogP contribution in [0.2, 0.25) is 0 Å². The maximum atomic E-state index is 13.1. The van der Waals surface area contributed by atoms with Gasteiger partial charge in [-0.3, -0.25) is 9.59 Å². The van der Waals surface area contributed by atoms with E-state index in [9.17, 15) is 9.59 Å². The number of anilines is 5. The highest BCUT2D eigenvalue weighted by Crippen LogP contribution is 2.46. The van der Waals surface area contributed by atoms with E-state index in [4.69, 9.17) is 21.4 Å². The van der Waals surface area contributed by atoms with E-state index in [1.54, 1.807) is 0 Å². The molecule has 1 aliphatic carbocycles. The zero-order valence-electron chi connectivity index (χ0n) is 47.2. The average Bonchev–Trinajstić information content (AvgIpc) is 3.20. The lowest BCUT2D eigenvalue weighted by Crippen LogP contribution is -2.41. The van der Waals surface area contributed by atoms with Crippen molar-refractivity contribution in [3.05, 3.63) is 196 Å². The zero-order valence-corrected chi connectivity index (χ0v) is 47.2. The number of nitrogens with two attached hydrogens (primary N) is 2. The number of nitrogens with one attached hydrogen (secondary N) is 4. The molecule has 0 fully saturated rings. The molecule has 1 atom stereocenters. The number of nitrogen functional groups attached to an aromatic ring is 2. The average molecular weight is 1060 g/mol. The van der Waals surface area contributed by atoms with E-state index in [-0.39, 0.29) is 17.9 Å². The van der Waals surface area contributed by atoms with Crippen molar-refractivity contribution in [2.24, 2.45) is 4.99 Å². The van der Waals surface area contributed by atoms with Crippen molar-refractivity contribution in [2.45, 2.75) is 99.0 Å². The Balaban J connectivity index is 0.618. The Labute approximate surface area is 471 Å². The number of aryl methyl sites for hydroxylation is 2. The summed E-state index contributed by atoms with van der Waals surface area (Å²) < 4.78 is 2.27. The molecule has 8 N–H and O–H groups in total. The summed E-state index contributed by atoms with van der Waals surface area (Å²) in [5, 5.41) is 13.6. The van der Waals surface area contributed by atoms with E-state index in [0.29, 0.717) is 24.2 Å². The van der Waals surface area contributed by atoms with Gasteiger partial charge in [0.25, 0.3) is 11.8 Å². The number of aliphatic imine (C=N–C) groups is 1. The molecule has 8 aromatic rings. The molecule has 0 saturated heterocycles. The first-order chi connectivity index (χ1) is 38.8. The Morgan fingerprint density at radius 2 is 1.12 bits per heavy atom. The minimum Gasteiger partial charge on any atom is -0.398 e. The van der Waals surface area contributed by atoms with Crippen LogP contribution in [0.3, 0.4) is 0 Å². The number of amides is 2. The molecule has 10 rings (SSSR count). The van der Waals surface area contributed by atoms with Crippen molar-refractivity contribution in [2.75, 3.05) is 47.9 Å². The first-order valence-electron chi connectivity index (χ1n) is 28.4. The fourth-order valence-electron chi connectivity index (χ4n) is 11.0. The summed E-state index contributed by atoms with van der Waals surface area (Å²) >= 11 is 0. The summed E-state index contributed by atoms with van der Waals surface area (Å²) in [5.74, 6) is -0.147. The van der Waals surface area contributed by atoms with E-state index in [1.807, 2.05) is 66.7 Å². The number of aromatic nitrogens is 2. The molecular formula is C68H75N10O2+. The molecule has 1 unspecified atom stereocenters. The quantitative estimate of drug-likeness (QED) is 0.0179. The van der Waals surface area contributed by atoms with E-state index in [2.05, 4.69) is 151 Å². The van der Waals surface area contributed by atoms with Gasteiger partial charge in [0, 0.05) is 90.0 Å². The number of hydrogen-bond acceptors (Lipinski definition) is 9. The lowest BCUT2D eigenvalue weighted by molar-refractivity contribution is -0.538. The Morgan fingerprint density at radius 3 is 1.74 bits per heavy atom.